The van der Waals surface area contributed by atoms with E-state index in [4.69, 9.17) is 9.84 Å². The molecule has 1 amide bonds. The first-order chi connectivity index (χ1) is 9.67. The largest absolute Gasteiger partial charge is 0.480 e. The van der Waals surface area contributed by atoms with Crippen molar-refractivity contribution in [3.05, 3.63) is 12.3 Å². The van der Waals surface area contributed by atoms with Crippen molar-refractivity contribution in [1.29, 1.82) is 0 Å². The number of nitrogens with one attached hydrogen (secondary N) is 1. The second-order valence-electron chi connectivity index (χ2n) is 5.43. The van der Waals surface area contributed by atoms with E-state index in [2.05, 4.69) is 20.4 Å². The fraction of sp³-hybridized carbons (Fsp3) is 0.615. The number of piperidine rings is 1. The highest BCUT2D eigenvalue weighted by molar-refractivity contribution is 5.65. The quantitative estimate of drug-likeness (QED) is 0.856. The number of amides is 1. The summed E-state index contributed by atoms with van der Waals surface area (Å²) in [4.78, 5) is 13.1. The van der Waals surface area contributed by atoms with E-state index in [9.17, 15) is 4.79 Å². The molecular formula is C13H18N4O3. The highest BCUT2D eigenvalue weighted by atomic mass is 16.5. The average molecular weight is 278 g/mol. The Bertz CT molecular complexity index is 496. The molecule has 2 bridgehead atoms. The monoisotopic (exact) mass is 278 g/mol. The van der Waals surface area contributed by atoms with Gasteiger partial charge in [-0.1, -0.05) is 0 Å². The topological polar surface area (TPSA) is 87.6 Å². The summed E-state index contributed by atoms with van der Waals surface area (Å²) >= 11 is 0. The number of nitrogens with zero attached hydrogens (tertiary/aromatic N) is 3. The third-order valence-electron chi connectivity index (χ3n) is 4.32. The Kier molecular flexibility index (Phi) is 3.33. The first-order valence-electron chi connectivity index (χ1n) is 6.78. The minimum atomic E-state index is -0.924. The van der Waals surface area contributed by atoms with E-state index in [-0.39, 0.29) is 6.04 Å². The lowest BCUT2D eigenvalue weighted by molar-refractivity contribution is 0.178. The number of rotatable bonds is 3. The Balaban J connectivity index is 1.74. The van der Waals surface area contributed by atoms with E-state index < -0.39 is 6.09 Å². The van der Waals surface area contributed by atoms with Crippen LogP contribution < -0.4 is 15.0 Å². The van der Waals surface area contributed by atoms with Gasteiger partial charge in [0.15, 0.2) is 0 Å². The zero-order valence-electron chi connectivity index (χ0n) is 11.3. The van der Waals surface area contributed by atoms with Crippen molar-refractivity contribution < 1.29 is 14.6 Å². The minimum absolute atomic E-state index is 0.0837. The summed E-state index contributed by atoms with van der Waals surface area (Å²) < 4.78 is 5.10. The summed E-state index contributed by atoms with van der Waals surface area (Å²) in [5.74, 6) is 1.23. The van der Waals surface area contributed by atoms with E-state index in [1.807, 2.05) is 6.07 Å². The highest BCUT2D eigenvalue weighted by Gasteiger charge is 2.42. The van der Waals surface area contributed by atoms with Crippen molar-refractivity contribution >= 4 is 11.8 Å². The maximum absolute atomic E-state index is 10.9. The average Bonchev–Trinajstić information content (AvgIpc) is 2.69. The number of carboxylic acid groups (broad SMARTS) is 1. The van der Waals surface area contributed by atoms with Crippen LogP contribution in [0.15, 0.2) is 12.3 Å². The molecule has 7 heteroatoms. The van der Waals surface area contributed by atoms with E-state index >= 15 is 0 Å². The molecule has 7 nitrogen and oxygen atoms in total. The van der Waals surface area contributed by atoms with Gasteiger partial charge in [0.1, 0.15) is 0 Å². The molecule has 2 fully saturated rings. The van der Waals surface area contributed by atoms with Crippen molar-refractivity contribution in [1.82, 2.24) is 15.5 Å². The molecule has 0 aromatic carbocycles. The molecule has 2 aliphatic rings. The number of hydrogen-bond donors (Lipinski definition) is 2. The van der Waals surface area contributed by atoms with Crippen molar-refractivity contribution in [2.45, 2.75) is 18.9 Å². The summed E-state index contributed by atoms with van der Waals surface area (Å²) in [5.41, 5.74) is 0.988. The zero-order chi connectivity index (χ0) is 14.1. The SMILES string of the molecule is COc1cc(N2CC3CCC(C2)C3NC(=O)O)cnn1. The van der Waals surface area contributed by atoms with Crippen molar-refractivity contribution in [2.24, 2.45) is 11.8 Å². The molecule has 2 atom stereocenters. The Morgan fingerprint density at radius 2 is 2.15 bits per heavy atom. The molecule has 2 unspecified atom stereocenters. The lowest BCUT2D eigenvalue weighted by Gasteiger charge is -2.38. The maximum Gasteiger partial charge on any atom is 0.404 e. The summed E-state index contributed by atoms with van der Waals surface area (Å²) in [7, 11) is 1.57. The molecule has 1 saturated carbocycles. The molecule has 1 aromatic heterocycles. The van der Waals surface area contributed by atoms with Gasteiger partial charge in [-0.15, -0.1) is 5.10 Å². The molecule has 2 N–H and O–H groups in total. The molecule has 1 aromatic rings. The van der Waals surface area contributed by atoms with Gasteiger partial charge in [0.25, 0.3) is 0 Å². The third kappa shape index (κ3) is 2.35. The minimum Gasteiger partial charge on any atom is -0.480 e. The molecule has 1 aliphatic heterocycles. The molecular weight excluding hydrogens is 260 g/mol. The number of aromatic nitrogens is 2. The van der Waals surface area contributed by atoms with Gasteiger partial charge in [0.2, 0.25) is 5.88 Å². The first-order valence-corrected chi connectivity index (χ1v) is 6.78. The van der Waals surface area contributed by atoms with Gasteiger partial charge >= 0.3 is 6.09 Å². The summed E-state index contributed by atoms with van der Waals surface area (Å²) in [5, 5.41) is 19.4. The number of ether oxygens (including phenoxy) is 1. The first kappa shape index (κ1) is 13.0. The standard InChI is InChI=1S/C13H18N4O3/c1-20-11-4-10(5-14-16-11)17-6-8-2-3-9(7-17)12(8)15-13(18)19/h4-5,8-9,12,15H,2-3,6-7H2,1H3,(H,18,19). The third-order valence-corrected chi connectivity index (χ3v) is 4.32. The van der Waals surface area contributed by atoms with Crippen molar-refractivity contribution in [2.75, 3.05) is 25.1 Å². The Hall–Kier alpha value is -2.05. The molecule has 1 saturated heterocycles. The lowest BCUT2D eigenvalue weighted by atomic mass is 9.92. The molecule has 20 heavy (non-hydrogen) atoms. The van der Waals surface area contributed by atoms with Gasteiger partial charge in [-0.05, 0) is 24.7 Å². The van der Waals surface area contributed by atoms with Crippen LogP contribution in [0.1, 0.15) is 12.8 Å². The highest BCUT2D eigenvalue weighted by Crippen LogP contribution is 2.38. The van der Waals surface area contributed by atoms with Gasteiger partial charge in [0.05, 0.1) is 19.0 Å². The van der Waals surface area contributed by atoms with Crippen LogP contribution in [0.2, 0.25) is 0 Å². The van der Waals surface area contributed by atoms with Crippen LogP contribution in [0.4, 0.5) is 10.5 Å². The fourth-order valence-corrected chi connectivity index (χ4v) is 3.42. The zero-order valence-corrected chi connectivity index (χ0v) is 11.3. The van der Waals surface area contributed by atoms with Crippen LogP contribution in [0, 0.1) is 11.8 Å². The Morgan fingerprint density at radius 3 is 2.75 bits per heavy atom. The predicted octanol–water partition coefficient (Wildman–Crippen LogP) is 0.968. The van der Waals surface area contributed by atoms with Crippen LogP contribution in [-0.4, -0.2) is 47.6 Å². The molecule has 1 aliphatic carbocycles. The Morgan fingerprint density at radius 1 is 1.45 bits per heavy atom. The number of anilines is 1. The van der Waals surface area contributed by atoms with Gasteiger partial charge in [0, 0.05) is 25.2 Å². The van der Waals surface area contributed by atoms with E-state index in [1.54, 1.807) is 13.3 Å². The van der Waals surface area contributed by atoms with Crippen LogP contribution in [0.25, 0.3) is 0 Å². The summed E-state index contributed by atoms with van der Waals surface area (Å²) in [6.45, 7) is 1.69. The predicted molar refractivity (Wildman–Crippen MR) is 72.0 cm³/mol. The normalized spacial score (nSPS) is 28.2. The van der Waals surface area contributed by atoms with Crippen LogP contribution in [-0.2, 0) is 0 Å². The molecule has 108 valence electrons. The van der Waals surface area contributed by atoms with E-state index in [0.717, 1.165) is 31.6 Å². The molecule has 0 radical (unpaired) electrons. The van der Waals surface area contributed by atoms with Crippen LogP contribution in [0.3, 0.4) is 0 Å². The van der Waals surface area contributed by atoms with Crippen molar-refractivity contribution in [3.63, 3.8) is 0 Å². The van der Waals surface area contributed by atoms with Gasteiger partial charge in [-0.25, -0.2) is 4.79 Å². The number of methoxy groups -OCH3 is 1. The molecule has 2 heterocycles. The number of hydrogen-bond acceptors (Lipinski definition) is 5. The van der Waals surface area contributed by atoms with Gasteiger partial charge in [-0.3, -0.25) is 0 Å². The summed E-state index contributed by atoms with van der Waals surface area (Å²) in [6, 6.07) is 1.96. The molecule has 0 spiro atoms. The van der Waals surface area contributed by atoms with E-state index in [0.29, 0.717) is 17.7 Å². The number of carbonyl (C=O) groups is 1. The second kappa shape index (κ2) is 5.15. The molecule has 3 rings (SSSR count). The van der Waals surface area contributed by atoms with Crippen molar-refractivity contribution in [3.8, 4) is 5.88 Å². The van der Waals surface area contributed by atoms with Gasteiger partial charge in [-0.2, -0.15) is 5.10 Å². The van der Waals surface area contributed by atoms with Crippen LogP contribution in [0.5, 0.6) is 5.88 Å². The maximum atomic E-state index is 10.9. The number of fused-ring (bicyclic) bond motifs is 2. The van der Waals surface area contributed by atoms with E-state index in [1.165, 1.54) is 0 Å². The summed E-state index contributed by atoms with van der Waals surface area (Å²) in [6.07, 6.45) is 2.95. The second-order valence-corrected chi connectivity index (χ2v) is 5.43. The fourth-order valence-electron chi connectivity index (χ4n) is 3.42. The Labute approximate surface area is 116 Å². The van der Waals surface area contributed by atoms with Crippen LogP contribution >= 0.6 is 0 Å². The smallest absolute Gasteiger partial charge is 0.404 e. The lowest BCUT2D eigenvalue weighted by Crippen LogP contribution is -2.52. The van der Waals surface area contributed by atoms with Gasteiger partial charge < -0.3 is 20.1 Å².